The zero-order valence-electron chi connectivity index (χ0n) is 37.7. The maximum Gasteiger partial charge on any atom is 0.135 e. The Kier molecular flexibility index (Phi) is 20.8. The van der Waals surface area contributed by atoms with E-state index in [1.807, 2.05) is 78.9 Å². The van der Waals surface area contributed by atoms with Gasteiger partial charge in [-0.1, -0.05) is 208 Å². The van der Waals surface area contributed by atoms with Gasteiger partial charge in [-0.05, 0) is 90.2 Å². The molecule has 63 heavy (non-hydrogen) atoms. The smallest absolute Gasteiger partial charge is 0.135 e. The molecule has 332 valence electrons. The van der Waals surface area contributed by atoms with Gasteiger partial charge in [-0.2, -0.15) is 0 Å². The van der Waals surface area contributed by atoms with Crippen LogP contribution in [0.3, 0.4) is 0 Å². The molecule has 6 heteroatoms. The van der Waals surface area contributed by atoms with Gasteiger partial charge in [0.2, 0.25) is 0 Å². The number of hydrogen-bond acceptors (Lipinski definition) is 6. The zero-order valence-corrected chi connectivity index (χ0v) is 37.7. The van der Waals surface area contributed by atoms with Gasteiger partial charge in [0.1, 0.15) is 6.10 Å². The molecule has 6 N–H and O–H groups in total. The van der Waals surface area contributed by atoms with Crippen molar-refractivity contribution >= 4 is 5.71 Å². The molecule has 7 rings (SSSR count). The van der Waals surface area contributed by atoms with Crippen molar-refractivity contribution in [2.24, 2.45) is 34.4 Å². The molecule has 6 nitrogen and oxygen atoms in total. The first-order valence-corrected chi connectivity index (χ1v) is 22.9. The molecule has 0 aromatic heterocycles. The van der Waals surface area contributed by atoms with Gasteiger partial charge in [0, 0.05) is 30.8 Å². The number of benzene rings is 6. The third kappa shape index (κ3) is 18.5. The topological polar surface area (TPSA) is 114 Å². The summed E-state index contributed by atoms with van der Waals surface area (Å²) >= 11 is 0. The molecule has 0 amide bonds. The molecule has 6 aromatic rings. The lowest BCUT2D eigenvalue weighted by Gasteiger charge is -2.22. The van der Waals surface area contributed by atoms with Crippen LogP contribution in [-0.4, -0.2) is 46.3 Å². The van der Waals surface area contributed by atoms with Crippen molar-refractivity contribution in [2.45, 2.75) is 109 Å². The van der Waals surface area contributed by atoms with Crippen LogP contribution in [0, 0.1) is 17.8 Å². The quantitative estimate of drug-likeness (QED) is 0.0648. The lowest BCUT2D eigenvalue weighted by molar-refractivity contribution is 0.0463. The van der Waals surface area contributed by atoms with Crippen LogP contribution in [0.4, 0.5) is 0 Å². The summed E-state index contributed by atoms with van der Waals surface area (Å²) in [6.07, 6.45) is 7.08. The van der Waals surface area contributed by atoms with E-state index in [9.17, 15) is 10.2 Å². The van der Waals surface area contributed by atoms with Gasteiger partial charge in [0.25, 0.3) is 0 Å². The second-order valence-electron chi connectivity index (χ2n) is 17.7. The SMILES string of the molecule is CC(Cc1ccccc1)C(O)CC(N)Cc1ccccc1.CC(Cc1ccccc1)C1CC(Cc2ccccc2)=NO1.C[C@@H](Cc1ccccc1)C(O)CC(N)Cc1ccccc1. The number of rotatable bonds is 19. The Balaban J connectivity index is 0.000000178. The van der Waals surface area contributed by atoms with E-state index in [0.29, 0.717) is 18.8 Å². The summed E-state index contributed by atoms with van der Waals surface area (Å²) in [5.74, 6) is 0.910. The van der Waals surface area contributed by atoms with Gasteiger partial charge in [0.05, 0.1) is 17.9 Å². The highest BCUT2D eigenvalue weighted by atomic mass is 16.6. The first-order chi connectivity index (χ1) is 30.6. The Morgan fingerprint density at radius 3 is 1.11 bits per heavy atom. The number of nitrogens with two attached hydrogens (primary N) is 2. The van der Waals surface area contributed by atoms with Crippen molar-refractivity contribution in [1.29, 1.82) is 0 Å². The van der Waals surface area contributed by atoms with Crippen LogP contribution in [0.1, 0.15) is 73.4 Å². The van der Waals surface area contributed by atoms with Crippen molar-refractivity contribution in [3.8, 4) is 0 Å². The minimum Gasteiger partial charge on any atom is -0.393 e. The van der Waals surface area contributed by atoms with Crippen molar-refractivity contribution < 1.29 is 15.1 Å². The highest BCUT2D eigenvalue weighted by Crippen LogP contribution is 2.24. The van der Waals surface area contributed by atoms with Crippen molar-refractivity contribution in [3.63, 3.8) is 0 Å². The molecule has 0 saturated carbocycles. The van der Waals surface area contributed by atoms with Crippen molar-refractivity contribution in [3.05, 3.63) is 215 Å². The molecular formula is C57H71N3O3. The molecule has 1 heterocycles. The predicted octanol–water partition coefficient (Wildman–Crippen LogP) is 10.6. The summed E-state index contributed by atoms with van der Waals surface area (Å²) in [6.45, 7) is 6.43. The average Bonchev–Trinajstić information content (AvgIpc) is 3.77. The first-order valence-electron chi connectivity index (χ1n) is 22.9. The van der Waals surface area contributed by atoms with E-state index in [2.05, 4.69) is 129 Å². The summed E-state index contributed by atoms with van der Waals surface area (Å²) in [4.78, 5) is 5.66. The van der Waals surface area contributed by atoms with E-state index >= 15 is 0 Å². The van der Waals surface area contributed by atoms with Gasteiger partial charge < -0.3 is 26.5 Å². The van der Waals surface area contributed by atoms with Crippen LogP contribution >= 0.6 is 0 Å². The Morgan fingerprint density at radius 1 is 0.460 bits per heavy atom. The largest absolute Gasteiger partial charge is 0.393 e. The highest BCUT2D eigenvalue weighted by molar-refractivity contribution is 5.87. The van der Waals surface area contributed by atoms with E-state index in [1.165, 1.54) is 33.4 Å². The van der Waals surface area contributed by atoms with Crippen molar-refractivity contribution in [1.82, 2.24) is 0 Å². The van der Waals surface area contributed by atoms with Crippen LogP contribution in [0.15, 0.2) is 187 Å². The second-order valence-corrected chi connectivity index (χ2v) is 17.7. The molecular weight excluding hydrogens is 775 g/mol. The maximum absolute atomic E-state index is 10.3. The van der Waals surface area contributed by atoms with E-state index in [4.69, 9.17) is 16.3 Å². The van der Waals surface area contributed by atoms with Crippen molar-refractivity contribution in [2.75, 3.05) is 0 Å². The second kappa shape index (κ2) is 27.0. The molecule has 6 aromatic carbocycles. The van der Waals surface area contributed by atoms with Crippen LogP contribution in [-0.2, 0) is 43.4 Å². The molecule has 0 fully saturated rings. The fourth-order valence-electron chi connectivity index (χ4n) is 8.14. The van der Waals surface area contributed by atoms with Gasteiger partial charge in [-0.3, -0.25) is 0 Å². The zero-order chi connectivity index (χ0) is 44.7. The molecule has 0 bridgehead atoms. The molecule has 0 spiro atoms. The fourth-order valence-corrected chi connectivity index (χ4v) is 8.14. The highest BCUT2D eigenvalue weighted by Gasteiger charge is 2.27. The molecule has 1 aliphatic heterocycles. The van der Waals surface area contributed by atoms with E-state index in [1.54, 1.807) is 0 Å². The minimum absolute atomic E-state index is 0.000577. The molecule has 1 aliphatic rings. The first kappa shape index (κ1) is 48.7. The molecule has 8 atom stereocenters. The summed E-state index contributed by atoms with van der Waals surface area (Å²) in [7, 11) is 0. The van der Waals surface area contributed by atoms with Gasteiger partial charge in [-0.15, -0.1) is 0 Å². The monoisotopic (exact) mass is 846 g/mol. The lowest BCUT2D eigenvalue weighted by Crippen LogP contribution is -2.32. The minimum atomic E-state index is -0.357. The summed E-state index contributed by atoms with van der Waals surface area (Å²) < 4.78 is 0. The predicted molar refractivity (Wildman–Crippen MR) is 262 cm³/mol. The third-order valence-corrected chi connectivity index (χ3v) is 11.9. The number of hydrogen-bond donors (Lipinski definition) is 4. The summed E-state index contributed by atoms with van der Waals surface area (Å²) in [5.41, 5.74) is 21.2. The molecule has 0 saturated heterocycles. The maximum atomic E-state index is 10.3. The van der Waals surface area contributed by atoms with Crippen LogP contribution < -0.4 is 11.5 Å². The molecule has 0 aliphatic carbocycles. The Morgan fingerprint density at radius 2 is 0.762 bits per heavy atom. The van der Waals surface area contributed by atoms with Crippen LogP contribution in [0.2, 0.25) is 0 Å². The number of oxime groups is 1. The van der Waals surface area contributed by atoms with Gasteiger partial charge in [0.15, 0.2) is 0 Å². The fraction of sp³-hybridized carbons (Fsp3) is 0.351. The normalized spacial score (nSPS) is 16.6. The van der Waals surface area contributed by atoms with Crippen LogP contribution in [0.5, 0.6) is 0 Å². The average molecular weight is 846 g/mol. The number of aliphatic hydroxyl groups excluding tert-OH is 2. The van der Waals surface area contributed by atoms with Gasteiger partial charge in [-0.25, -0.2) is 0 Å². The summed E-state index contributed by atoms with van der Waals surface area (Å²) in [5, 5.41) is 25.0. The Bertz CT molecular complexity index is 2000. The van der Waals surface area contributed by atoms with E-state index < -0.39 is 0 Å². The third-order valence-electron chi connectivity index (χ3n) is 11.9. The standard InChI is InChI=1S/C19H21NO.2C19H25NO/c1-15(12-16-8-4-2-5-9-16)19-14-18(20-21-19)13-17-10-6-3-7-11-17;2*1-15(12-16-8-4-2-5-9-16)19(21)14-18(20)13-17-10-6-3-7-11-17/h2-11,15,19H,12-14H2,1H3;2*2-11,15,18-19,21H,12-14,20H2,1H3/t;15-,18?,19?;/m.0./s1. The van der Waals surface area contributed by atoms with Gasteiger partial charge >= 0.3 is 0 Å². The lowest BCUT2D eigenvalue weighted by atomic mass is 9.90. The Labute approximate surface area is 378 Å². The molecule has 0 radical (unpaired) electrons. The van der Waals surface area contributed by atoms with E-state index in [0.717, 1.165) is 50.7 Å². The number of aliphatic hydroxyl groups is 2. The Hall–Kier alpha value is -5.37. The number of nitrogens with zero attached hydrogens (tertiary/aromatic N) is 1. The van der Waals surface area contributed by atoms with Crippen LogP contribution in [0.25, 0.3) is 0 Å². The molecule has 7 unspecified atom stereocenters. The van der Waals surface area contributed by atoms with E-state index in [-0.39, 0.29) is 42.2 Å². The summed E-state index contributed by atoms with van der Waals surface area (Å²) in [6, 6.07) is 62.1.